The lowest BCUT2D eigenvalue weighted by atomic mass is 9.94. The number of rotatable bonds is 4. The highest BCUT2D eigenvalue weighted by Gasteiger charge is 2.26. The van der Waals surface area contributed by atoms with Gasteiger partial charge in [0.05, 0.1) is 18.1 Å². The van der Waals surface area contributed by atoms with Gasteiger partial charge in [-0.15, -0.1) is 11.6 Å². The highest BCUT2D eigenvalue weighted by atomic mass is 35.5. The quantitative estimate of drug-likeness (QED) is 0.843. The first-order chi connectivity index (χ1) is 7.62. The summed E-state index contributed by atoms with van der Waals surface area (Å²) >= 11 is 5.45. The van der Waals surface area contributed by atoms with E-state index in [0.29, 0.717) is 0 Å². The molecule has 1 N–H and O–H groups in total. The molecule has 1 unspecified atom stereocenters. The Morgan fingerprint density at radius 3 is 3.12 bits per heavy atom. The molecular weight excluding hydrogens is 250 g/mol. The van der Waals surface area contributed by atoms with Crippen LogP contribution in [0.3, 0.4) is 0 Å². The van der Waals surface area contributed by atoms with E-state index in [1.807, 2.05) is 6.07 Å². The Morgan fingerprint density at radius 2 is 2.38 bits per heavy atom. The second-order valence-electron chi connectivity index (χ2n) is 3.87. The summed E-state index contributed by atoms with van der Waals surface area (Å²) < 4.78 is 31.2. The molecule has 0 bridgehead atoms. The molecule has 0 saturated carbocycles. The third-order valence-electron chi connectivity index (χ3n) is 2.72. The number of aryl methyl sites for hydroxylation is 1. The summed E-state index contributed by atoms with van der Waals surface area (Å²) in [5.74, 6) is 0.961. The van der Waals surface area contributed by atoms with E-state index in [-0.39, 0.29) is 17.7 Å². The van der Waals surface area contributed by atoms with Gasteiger partial charge in [0.1, 0.15) is 5.76 Å². The first-order valence-corrected chi connectivity index (χ1v) is 7.43. The Kier molecular flexibility index (Phi) is 3.56. The topological polar surface area (TPSA) is 59.3 Å². The predicted octanol–water partition coefficient (Wildman–Crippen LogP) is 1.82. The van der Waals surface area contributed by atoms with Gasteiger partial charge in [0.25, 0.3) is 0 Å². The predicted molar refractivity (Wildman–Crippen MR) is 62.0 cm³/mol. The van der Waals surface area contributed by atoms with Crippen LogP contribution in [0.2, 0.25) is 0 Å². The number of hydrogen-bond acceptors (Lipinski definition) is 3. The van der Waals surface area contributed by atoms with Crippen LogP contribution in [0.5, 0.6) is 0 Å². The largest absolute Gasteiger partial charge is 0.469 e. The van der Waals surface area contributed by atoms with Crippen molar-refractivity contribution in [1.29, 1.82) is 0 Å². The summed E-state index contributed by atoms with van der Waals surface area (Å²) in [5, 5.41) is 0. The van der Waals surface area contributed by atoms with Crippen LogP contribution in [-0.4, -0.2) is 20.1 Å². The van der Waals surface area contributed by atoms with Gasteiger partial charge in [0, 0.05) is 17.9 Å². The minimum absolute atomic E-state index is 0.0434. The fourth-order valence-corrected chi connectivity index (χ4v) is 3.59. The Labute approximate surface area is 100 Å². The van der Waals surface area contributed by atoms with Crippen LogP contribution in [-0.2, 0) is 16.4 Å². The average Bonchev–Trinajstić information content (AvgIpc) is 2.65. The first-order valence-electron chi connectivity index (χ1n) is 5.24. The van der Waals surface area contributed by atoms with E-state index < -0.39 is 10.0 Å². The molecular formula is C10H14ClNO3S. The van der Waals surface area contributed by atoms with Gasteiger partial charge in [0.15, 0.2) is 0 Å². The number of hydrogen-bond donors (Lipinski definition) is 1. The van der Waals surface area contributed by atoms with Crippen molar-refractivity contribution in [3.05, 3.63) is 23.7 Å². The fraction of sp³-hybridized carbons (Fsp3) is 0.600. The smallest absolute Gasteiger partial charge is 0.213 e. The first kappa shape index (κ1) is 12.0. The molecule has 6 heteroatoms. The molecule has 0 fully saturated rings. The van der Waals surface area contributed by atoms with E-state index in [1.165, 1.54) is 0 Å². The highest BCUT2D eigenvalue weighted by molar-refractivity contribution is 7.89. The van der Waals surface area contributed by atoms with Crippen molar-refractivity contribution in [1.82, 2.24) is 4.72 Å². The Hall–Kier alpha value is -0.520. The molecule has 4 nitrogen and oxygen atoms in total. The summed E-state index contributed by atoms with van der Waals surface area (Å²) in [7, 11) is -3.28. The van der Waals surface area contributed by atoms with Crippen LogP contribution in [0.15, 0.2) is 16.7 Å². The molecule has 90 valence electrons. The van der Waals surface area contributed by atoms with Crippen molar-refractivity contribution in [2.45, 2.75) is 25.3 Å². The molecule has 1 atom stereocenters. The maximum Gasteiger partial charge on any atom is 0.213 e. The van der Waals surface area contributed by atoms with Crippen LogP contribution >= 0.6 is 11.6 Å². The third kappa shape index (κ3) is 2.59. The Morgan fingerprint density at radius 1 is 1.56 bits per heavy atom. The van der Waals surface area contributed by atoms with Crippen LogP contribution in [0.1, 0.15) is 30.2 Å². The Balaban J connectivity index is 2.14. The summed E-state index contributed by atoms with van der Waals surface area (Å²) in [5.41, 5.74) is 0.962. The van der Waals surface area contributed by atoms with E-state index in [0.717, 1.165) is 30.6 Å². The van der Waals surface area contributed by atoms with Gasteiger partial charge < -0.3 is 4.42 Å². The lowest BCUT2D eigenvalue weighted by Gasteiger charge is -2.22. The lowest BCUT2D eigenvalue weighted by molar-refractivity contribution is 0.438. The molecule has 0 saturated heterocycles. The van der Waals surface area contributed by atoms with E-state index >= 15 is 0 Å². The van der Waals surface area contributed by atoms with Gasteiger partial charge in [-0.25, -0.2) is 13.1 Å². The SMILES string of the molecule is O=S(=O)(CCCl)NC1CCCc2occc21. The molecule has 0 aromatic carbocycles. The van der Waals surface area contributed by atoms with Gasteiger partial charge in [-0.3, -0.25) is 0 Å². The van der Waals surface area contributed by atoms with Gasteiger partial charge in [-0.1, -0.05) is 0 Å². The fourth-order valence-electron chi connectivity index (χ4n) is 1.99. The van der Waals surface area contributed by atoms with E-state index in [9.17, 15) is 8.42 Å². The summed E-state index contributed by atoms with van der Waals surface area (Å²) in [6.45, 7) is 0. The van der Waals surface area contributed by atoms with E-state index in [1.54, 1.807) is 6.26 Å². The summed E-state index contributed by atoms with van der Waals surface area (Å²) in [6, 6.07) is 1.68. The lowest BCUT2D eigenvalue weighted by Crippen LogP contribution is -2.32. The number of alkyl halides is 1. The maximum atomic E-state index is 11.6. The van der Waals surface area contributed by atoms with Crippen molar-refractivity contribution >= 4 is 21.6 Å². The third-order valence-corrected chi connectivity index (χ3v) is 4.52. The maximum absolute atomic E-state index is 11.6. The molecule has 1 aromatic heterocycles. The zero-order chi connectivity index (χ0) is 11.6. The molecule has 16 heavy (non-hydrogen) atoms. The van der Waals surface area contributed by atoms with Crippen LogP contribution in [0.4, 0.5) is 0 Å². The van der Waals surface area contributed by atoms with Gasteiger partial charge >= 0.3 is 0 Å². The molecule has 0 aliphatic heterocycles. The summed E-state index contributed by atoms with van der Waals surface area (Å²) in [4.78, 5) is 0. The minimum Gasteiger partial charge on any atom is -0.469 e. The van der Waals surface area contributed by atoms with E-state index in [2.05, 4.69) is 4.72 Å². The highest BCUT2D eigenvalue weighted by Crippen LogP contribution is 2.30. The number of furan rings is 1. The van der Waals surface area contributed by atoms with Crippen molar-refractivity contribution in [2.24, 2.45) is 0 Å². The minimum atomic E-state index is -3.28. The second-order valence-corrected chi connectivity index (χ2v) is 6.12. The molecule has 1 aliphatic carbocycles. The number of sulfonamides is 1. The van der Waals surface area contributed by atoms with Crippen LogP contribution < -0.4 is 4.72 Å². The monoisotopic (exact) mass is 263 g/mol. The van der Waals surface area contributed by atoms with Gasteiger partial charge in [0.2, 0.25) is 10.0 Å². The van der Waals surface area contributed by atoms with Crippen LogP contribution in [0, 0.1) is 0 Å². The standard InChI is InChI=1S/C10H14ClNO3S/c11-5-7-16(13,14)12-9-2-1-3-10-8(9)4-6-15-10/h4,6,9,12H,1-3,5,7H2. The van der Waals surface area contributed by atoms with Crippen molar-refractivity contribution < 1.29 is 12.8 Å². The molecule has 1 aromatic rings. The Bertz CT molecular complexity index is 454. The molecule has 2 rings (SSSR count). The molecule has 0 radical (unpaired) electrons. The zero-order valence-corrected chi connectivity index (χ0v) is 10.4. The van der Waals surface area contributed by atoms with Crippen molar-refractivity contribution in [3.8, 4) is 0 Å². The van der Waals surface area contributed by atoms with Crippen molar-refractivity contribution in [3.63, 3.8) is 0 Å². The number of fused-ring (bicyclic) bond motifs is 1. The molecule has 0 spiro atoms. The number of halogens is 1. The average molecular weight is 264 g/mol. The molecule has 0 amide bonds. The second kappa shape index (κ2) is 4.77. The number of nitrogens with one attached hydrogen (secondary N) is 1. The normalized spacial score (nSPS) is 20.7. The zero-order valence-electron chi connectivity index (χ0n) is 8.78. The van der Waals surface area contributed by atoms with Crippen LogP contribution in [0.25, 0.3) is 0 Å². The van der Waals surface area contributed by atoms with Crippen molar-refractivity contribution in [2.75, 3.05) is 11.6 Å². The van der Waals surface area contributed by atoms with Gasteiger partial charge in [-0.05, 0) is 18.9 Å². The van der Waals surface area contributed by atoms with E-state index in [4.69, 9.17) is 16.0 Å². The van der Waals surface area contributed by atoms with Gasteiger partial charge in [-0.2, -0.15) is 0 Å². The summed E-state index contributed by atoms with van der Waals surface area (Å²) in [6.07, 6.45) is 4.25. The molecule has 1 aliphatic rings. The molecule has 1 heterocycles.